The van der Waals surface area contributed by atoms with Gasteiger partial charge in [0, 0.05) is 24.4 Å². The summed E-state index contributed by atoms with van der Waals surface area (Å²) in [5.41, 5.74) is 8.16. The van der Waals surface area contributed by atoms with E-state index in [-0.39, 0.29) is 0 Å². The molecule has 0 unspecified atom stereocenters. The van der Waals surface area contributed by atoms with Crippen LogP contribution in [0.25, 0.3) is 0 Å². The molecule has 0 atom stereocenters. The van der Waals surface area contributed by atoms with E-state index in [0.29, 0.717) is 6.54 Å². The molecule has 2 N–H and O–H groups in total. The number of rotatable bonds is 3. The molecule has 0 spiro atoms. The third-order valence-electron chi connectivity index (χ3n) is 3.82. The highest BCUT2D eigenvalue weighted by Gasteiger charge is 2.15. The molecule has 1 aromatic carbocycles. The highest BCUT2D eigenvalue weighted by molar-refractivity contribution is 7.99. The quantitative estimate of drug-likeness (QED) is 0.943. The minimum atomic E-state index is 0.594. The van der Waals surface area contributed by atoms with Gasteiger partial charge in [0.1, 0.15) is 5.82 Å². The van der Waals surface area contributed by atoms with Crippen molar-refractivity contribution in [2.24, 2.45) is 5.73 Å². The fourth-order valence-electron chi connectivity index (χ4n) is 2.60. The van der Waals surface area contributed by atoms with Crippen LogP contribution in [0.1, 0.15) is 36.2 Å². The number of hydrogen-bond acceptors (Lipinski definition) is 4. The van der Waals surface area contributed by atoms with Gasteiger partial charge in [-0.2, -0.15) is 0 Å². The summed E-state index contributed by atoms with van der Waals surface area (Å²) in [6.07, 6.45) is 4.80. The molecule has 0 saturated carbocycles. The summed E-state index contributed by atoms with van der Waals surface area (Å²) in [7, 11) is 0. The van der Waals surface area contributed by atoms with Crippen molar-refractivity contribution >= 4 is 11.8 Å². The predicted molar refractivity (Wildman–Crippen MR) is 80.8 cm³/mol. The fourth-order valence-corrected chi connectivity index (χ4v) is 3.57. The van der Waals surface area contributed by atoms with E-state index in [9.17, 15) is 0 Å². The van der Waals surface area contributed by atoms with E-state index < -0.39 is 0 Å². The standard InChI is InChI=1S/C15H20N4S/c1-11-9-13(7-6-12(11)10-16)20-15-18-17-14-5-3-2-4-8-19(14)15/h6-7,9H,2-5,8,10,16H2,1H3. The first-order chi connectivity index (χ1) is 9.78. The lowest BCUT2D eigenvalue weighted by molar-refractivity contribution is 0.591. The van der Waals surface area contributed by atoms with Crippen LogP contribution >= 0.6 is 11.8 Å². The molecule has 2 aromatic rings. The molecule has 2 heterocycles. The van der Waals surface area contributed by atoms with Gasteiger partial charge in [-0.3, -0.25) is 0 Å². The number of nitrogens with zero attached hydrogens (tertiary/aromatic N) is 3. The summed E-state index contributed by atoms with van der Waals surface area (Å²) in [5, 5.41) is 9.71. The van der Waals surface area contributed by atoms with Crippen molar-refractivity contribution in [3.63, 3.8) is 0 Å². The van der Waals surface area contributed by atoms with Gasteiger partial charge in [-0.15, -0.1) is 10.2 Å². The Hall–Kier alpha value is -1.33. The van der Waals surface area contributed by atoms with Crippen LogP contribution in [0.4, 0.5) is 0 Å². The van der Waals surface area contributed by atoms with Crippen molar-refractivity contribution < 1.29 is 0 Å². The van der Waals surface area contributed by atoms with Crippen LogP contribution < -0.4 is 5.73 Å². The Labute approximate surface area is 123 Å². The second-order valence-electron chi connectivity index (χ2n) is 5.26. The average molecular weight is 288 g/mol. The molecule has 0 bridgehead atoms. The summed E-state index contributed by atoms with van der Waals surface area (Å²) < 4.78 is 2.28. The van der Waals surface area contributed by atoms with Crippen molar-refractivity contribution in [3.05, 3.63) is 35.2 Å². The van der Waals surface area contributed by atoms with Gasteiger partial charge in [-0.1, -0.05) is 12.5 Å². The van der Waals surface area contributed by atoms with Gasteiger partial charge in [0.15, 0.2) is 5.16 Å². The fraction of sp³-hybridized carbons (Fsp3) is 0.467. The molecule has 0 aliphatic carbocycles. The zero-order chi connectivity index (χ0) is 13.9. The first kappa shape index (κ1) is 13.6. The van der Waals surface area contributed by atoms with E-state index >= 15 is 0 Å². The zero-order valence-electron chi connectivity index (χ0n) is 11.8. The molecule has 1 aromatic heterocycles. The van der Waals surface area contributed by atoms with Crippen molar-refractivity contribution in [3.8, 4) is 0 Å². The summed E-state index contributed by atoms with van der Waals surface area (Å²) in [5.74, 6) is 1.14. The van der Waals surface area contributed by atoms with Crippen LogP contribution in [0, 0.1) is 6.92 Å². The van der Waals surface area contributed by atoms with Gasteiger partial charge in [0.2, 0.25) is 0 Å². The summed E-state index contributed by atoms with van der Waals surface area (Å²) >= 11 is 1.70. The zero-order valence-corrected chi connectivity index (χ0v) is 12.6. The van der Waals surface area contributed by atoms with Gasteiger partial charge in [-0.25, -0.2) is 0 Å². The summed E-state index contributed by atoms with van der Waals surface area (Å²) in [6.45, 7) is 3.75. The Morgan fingerprint density at radius 1 is 1.25 bits per heavy atom. The highest BCUT2D eigenvalue weighted by Crippen LogP contribution is 2.29. The lowest BCUT2D eigenvalue weighted by atomic mass is 10.1. The predicted octanol–water partition coefficient (Wildman–Crippen LogP) is 2.92. The van der Waals surface area contributed by atoms with E-state index in [1.54, 1.807) is 11.8 Å². The minimum absolute atomic E-state index is 0.594. The number of aromatic nitrogens is 3. The van der Waals surface area contributed by atoms with E-state index in [1.165, 1.54) is 35.3 Å². The third-order valence-corrected chi connectivity index (χ3v) is 4.79. The Balaban J connectivity index is 1.84. The smallest absolute Gasteiger partial charge is 0.196 e. The highest BCUT2D eigenvalue weighted by atomic mass is 32.2. The molecule has 0 amide bonds. The normalized spacial score (nSPS) is 14.9. The van der Waals surface area contributed by atoms with Gasteiger partial charge >= 0.3 is 0 Å². The maximum Gasteiger partial charge on any atom is 0.196 e. The van der Waals surface area contributed by atoms with Gasteiger partial charge in [0.05, 0.1) is 0 Å². The molecule has 106 valence electrons. The molecule has 0 radical (unpaired) electrons. The van der Waals surface area contributed by atoms with Gasteiger partial charge < -0.3 is 10.3 Å². The van der Waals surface area contributed by atoms with Crippen LogP contribution in [-0.4, -0.2) is 14.8 Å². The molecule has 1 aliphatic rings. The Bertz CT molecular complexity index is 606. The molecule has 20 heavy (non-hydrogen) atoms. The maximum absolute atomic E-state index is 5.71. The SMILES string of the molecule is Cc1cc(Sc2nnc3n2CCCCC3)ccc1CN. The van der Waals surface area contributed by atoms with E-state index in [2.05, 4.69) is 39.9 Å². The number of aryl methyl sites for hydroxylation is 2. The molecule has 0 fully saturated rings. The number of hydrogen-bond donors (Lipinski definition) is 1. The monoisotopic (exact) mass is 288 g/mol. The molecule has 4 nitrogen and oxygen atoms in total. The molecule has 3 rings (SSSR count). The maximum atomic E-state index is 5.71. The van der Waals surface area contributed by atoms with Gasteiger partial charge in [-0.05, 0) is 54.8 Å². The van der Waals surface area contributed by atoms with Crippen LogP contribution in [0.15, 0.2) is 28.3 Å². The largest absolute Gasteiger partial charge is 0.326 e. The third kappa shape index (κ3) is 2.74. The molecule has 5 heteroatoms. The van der Waals surface area contributed by atoms with Crippen LogP contribution in [-0.2, 0) is 19.5 Å². The van der Waals surface area contributed by atoms with Crippen LogP contribution in [0.5, 0.6) is 0 Å². The summed E-state index contributed by atoms with van der Waals surface area (Å²) in [4.78, 5) is 1.21. The summed E-state index contributed by atoms with van der Waals surface area (Å²) in [6, 6.07) is 6.42. The van der Waals surface area contributed by atoms with Crippen molar-refractivity contribution in [2.75, 3.05) is 0 Å². The number of fused-ring (bicyclic) bond motifs is 1. The Kier molecular flexibility index (Phi) is 4.08. The average Bonchev–Trinajstić information content (AvgIpc) is 2.68. The Morgan fingerprint density at radius 2 is 2.15 bits per heavy atom. The second kappa shape index (κ2) is 5.97. The van der Waals surface area contributed by atoms with Crippen molar-refractivity contribution in [1.82, 2.24) is 14.8 Å². The Morgan fingerprint density at radius 3 is 2.95 bits per heavy atom. The van der Waals surface area contributed by atoms with Crippen LogP contribution in [0.2, 0.25) is 0 Å². The van der Waals surface area contributed by atoms with Crippen molar-refractivity contribution in [2.45, 2.75) is 55.7 Å². The first-order valence-corrected chi connectivity index (χ1v) is 7.99. The lowest BCUT2D eigenvalue weighted by Gasteiger charge is -2.08. The van der Waals surface area contributed by atoms with E-state index in [0.717, 1.165) is 23.9 Å². The molecular weight excluding hydrogens is 268 g/mol. The minimum Gasteiger partial charge on any atom is -0.326 e. The van der Waals surface area contributed by atoms with E-state index in [4.69, 9.17) is 5.73 Å². The molecular formula is C15H20N4S. The van der Waals surface area contributed by atoms with Gasteiger partial charge in [0.25, 0.3) is 0 Å². The number of benzene rings is 1. The second-order valence-corrected chi connectivity index (χ2v) is 6.30. The van der Waals surface area contributed by atoms with E-state index in [1.807, 2.05) is 0 Å². The first-order valence-electron chi connectivity index (χ1n) is 7.17. The lowest BCUT2D eigenvalue weighted by Crippen LogP contribution is -2.02. The topological polar surface area (TPSA) is 56.7 Å². The molecule has 1 aliphatic heterocycles. The van der Waals surface area contributed by atoms with Crippen LogP contribution in [0.3, 0.4) is 0 Å². The van der Waals surface area contributed by atoms with Crippen molar-refractivity contribution in [1.29, 1.82) is 0 Å². The molecule has 0 saturated heterocycles. The number of nitrogens with two attached hydrogens (primary N) is 1.